The van der Waals surface area contributed by atoms with Crippen LogP contribution >= 0.6 is 0 Å². The zero-order valence-electron chi connectivity index (χ0n) is 15.0. The second-order valence-corrected chi connectivity index (χ2v) is 8.19. The third-order valence-corrected chi connectivity index (χ3v) is 6.63. The van der Waals surface area contributed by atoms with Crippen molar-refractivity contribution in [3.8, 4) is 0 Å². The molecule has 1 amide bonds. The maximum absolute atomic E-state index is 12.8. The fraction of sp³-hybridized carbons (Fsp3) is 0.667. The van der Waals surface area contributed by atoms with Gasteiger partial charge in [-0.3, -0.25) is 9.69 Å². The average Bonchev–Trinajstić information content (AvgIpc) is 3.32. The summed E-state index contributed by atoms with van der Waals surface area (Å²) >= 11 is 0. The smallest absolute Gasteiger partial charge is 0.224 e. The van der Waals surface area contributed by atoms with E-state index in [0.717, 1.165) is 45.1 Å². The Hall–Kier alpha value is -1.39. The molecule has 4 rings (SSSR count). The molecule has 1 aliphatic carbocycles. The minimum atomic E-state index is -0.533. The highest BCUT2D eigenvalue weighted by molar-refractivity contribution is 5.80. The summed E-state index contributed by atoms with van der Waals surface area (Å²) in [7, 11) is 0. The van der Waals surface area contributed by atoms with E-state index in [-0.39, 0.29) is 11.8 Å². The first kappa shape index (κ1) is 17.0. The maximum Gasteiger partial charge on any atom is 0.224 e. The number of rotatable bonds is 5. The normalized spacial score (nSPS) is 31.2. The van der Waals surface area contributed by atoms with Gasteiger partial charge in [-0.25, -0.2) is 0 Å². The van der Waals surface area contributed by atoms with Crippen molar-refractivity contribution in [2.24, 2.45) is 5.92 Å². The Morgan fingerprint density at radius 2 is 1.96 bits per heavy atom. The SMILES string of the molecule is O=C(NCCC1(O)CCCC1)[C@@H]1C[C@H](c2ccccc2)N2CCC[C@@H]12. The van der Waals surface area contributed by atoms with E-state index in [4.69, 9.17) is 0 Å². The van der Waals surface area contributed by atoms with Crippen molar-refractivity contribution in [3.63, 3.8) is 0 Å². The van der Waals surface area contributed by atoms with Gasteiger partial charge in [0.05, 0.1) is 11.5 Å². The van der Waals surface area contributed by atoms with E-state index in [9.17, 15) is 9.90 Å². The van der Waals surface area contributed by atoms with Crippen molar-refractivity contribution in [1.82, 2.24) is 10.2 Å². The predicted octanol–water partition coefficient (Wildman–Crippen LogP) is 3.02. The molecule has 2 N–H and O–H groups in total. The zero-order valence-corrected chi connectivity index (χ0v) is 15.0. The quantitative estimate of drug-likeness (QED) is 0.865. The molecule has 3 aliphatic rings. The number of fused-ring (bicyclic) bond motifs is 1. The largest absolute Gasteiger partial charge is 0.390 e. The second-order valence-electron chi connectivity index (χ2n) is 8.19. The van der Waals surface area contributed by atoms with Crippen molar-refractivity contribution < 1.29 is 9.90 Å². The van der Waals surface area contributed by atoms with Gasteiger partial charge in [0.2, 0.25) is 5.91 Å². The molecule has 0 radical (unpaired) electrons. The van der Waals surface area contributed by atoms with Gasteiger partial charge in [-0.15, -0.1) is 0 Å². The Bertz CT molecular complexity index is 597. The summed E-state index contributed by atoms with van der Waals surface area (Å²) in [6.07, 6.45) is 7.94. The first-order valence-electron chi connectivity index (χ1n) is 9.97. The third-order valence-electron chi connectivity index (χ3n) is 6.63. The molecule has 2 heterocycles. The van der Waals surface area contributed by atoms with Crippen LogP contribution in [0.3, 0.4) is 0 Å². The van der Waals surface area contributed by atoms with Crippen LogP contribution in [0.1, 0.15) is 63.0 Å². The number of amides is 1. The second kappa shape index (κ2) is 7.08. The minimum absolute atomic E-state index is 0.0888. The zero-order chi connectivity index (χ0) is 17.3. The first-order chi connectivity index (χ1) is 12.2. The van der Waals surface area contributed by atoms with E-state index in [2.05, 4.69) is 40.5 Å². The molecule has 1 aromatic rings. The number of hydrogen-bond donors (Lipinski definition) is 2. The molecular formula is C21H30N2O2. The van der Waals surface area contributed by atoms with Crippen molar-refractivity contribution in [2.75, 3.05) is 13.1 Å². The number of carbonyl (C=O) groups excluding carboxylic acids is 1. The van der Waals surface area contributed by atoms with Gasteiger partial charge in [0.1, 0.15) is 0 Å². The third kappa shape index (κ3) is 3.47. The maximum atomic E-state index is 12.8. The highest BCUT2D eigenvalue weighted by Gasteiger charge is 2.47. The molecule has 136 valence electrons. The molecule has 1 saturated carbocycles. The molecule has 0 aromatic heterocycles. The van der Waals surface area contributed by atoms with Gasteiger partial charge < -0.3 is 10.4 Å². The average molecular weight is 342 g/mol. The monoisotopic (exact) mass is 342 g/mol. The summed E-state index contributed by atoms with van der Waals surface area (Å²) in [5, 5.41) is 13.6. The first-order valence-corrected chi connectivity index (χ1v) is 9.97. The van der Waals surface area contributed by atoms with Crippen molar-refractivity contribution in [2.45, 2.75) is 69.1 Å². The predicted molar refractivity (Wildman–Crippen MR) is 98.1 cm³/mol. The van der Waals surface area contributed by atoms with Crippen molar-refractivity contribution in [1.29, 1.82) is 0 Å². The van der Waals surface area contributed by atoms with Crippen LogP contribution in [0.15, 0.2) is 30.3 Å². The molecule has 25 heavy (non-hydrogen) atoms. The molecule has 0 unspecified atom stereocenters. The standard InChI is InChI=1S/C21H30N2O2/c24-20(22-13-12-21(25)10-4-5-11-21)17-15-19(16-7-2-1-3-8-16)23-14-6-9-18(17)23/h1-3,7-8,17-19,25H,4-6,9-15H2,(H,22,24)/t17-,18+,19-/m1/s1. The molecule has 4 nitrogen and oxygen atoms in total. The molecule has 2 saturated heterocycles. The number of aliphatic hydroxyl groups is 1. The van der Waals surface area contributed by atoms with Crippen LogP contribution < -0.4 is 5.32 Å². The summed E-state index contributed by atoms with van der Waals surface area (Å²) in [6.45, 7) is 1.71. The van der Waals surface area contributed by atoms with Gasteiger partial charge in [0.25, 0.3) is 0 Å². The molecular weight excluding hydrogens is 312 g/mol. The fourth-order valence-electron chi connectivity index (χ4n) is 5.28. The Labute approximate surface area is 150 Å². The van der Waals surface area contributed by atoms with Crippen LogP contribution in [0.4, 0.5) is 0 Å². The summed E-state index contributed by atoms with van der Waals surface area (Å²) in [4.78, 5) is 15.4. The van der Waals surface area contributed by atoms with Crippen molar-refractivity contribution >= 4 is 5.91 Å². The number of hydrogen-bond acceptors (Lipinski definition) is 3. The van der Waals surface area contributed by atoms with Gasteiger partial charge >= 0.3 is 0 Å². The minimum Gasteiger partial charge on any atom is -0.390 e. The Morgan fingerprint density at radius 3 is 2.72 bits per heavy atom. The molecule has 1 aromatic carbocycles. The van der Waals surface area contributed by atoms with Crippen LogP contribution in [-0.4, -0.2) is 40.6 Å². The summed E-state index contributed by atoms with van der Waals surface area (Å²) in [5.41, 5.74) is 0.805. The number of nitrogens with one attached hydrogen (secondary N) is 1. The van der Waals surface area contributed by atoms with E-state index >= 15 is 0 Å². The van der Waals surface area contributed by atoms with E-state index in [1.54, 1.807) is 0 Å². The van der Waals surface area contributed by atoms with Crippen LogP contribution in [0.5, 0.6) is 0 Å². The lowest BCUT2D eigenvalue weighted by Gasteiger charge is -2.25. The topological polar surface area (TPSA) is 52.6 Å². The van der Waals surface area contributed by atoms with Gasteiger partial charge in [0.15, 0.2) is 0 Å². The molecule has 0 spiro atoms. The van der Waals surface area contributed by atoms with Gasteiger partial charge in [-0.05, 0) is 50.6 Å². The molecule has 3 fully saturated rings. The summed E-state index contributed by atoms with van der Waals surface area (Å²) in [5.74, 6) is 0.280. The molecule has 4 heteroatoms. The van der Waals surface area contributed by atoms with Gasteiger partial charge in [-0.2, -0.15) is 0 Å². The van der Waals surface area contributed by atoms with Gasteiger partial charge in [0, 0.05) is 18.6 Å². The number of benzene rings is 1. The summed E-state index contributed by atoms with van der Waals surface area (Å²) in [6, 6.07) is 11.4. The Kier molecular flexibility index (Phi) is 4.83. The van der Waals surface area contributed by atoms with E-state index in [1.807, 2.05) is 0 Å². The van der Waals surface area contributed by atoms with Crippen LogP contribution in [-0.2, 0) is 4.79 Å². The number of carbonyl (C=O) groups is 1. The number of nitrogens with zero attached hydrogens (tertiary/aromatic N) is 1. The highest BCUT2D eigenvalue weighted by atomic mass is 16.3. The van der Waals surface area contributed by atoms with Crippen molar-refractivity contribution in [3.05, 3.63) is 35.9 Å². The molecule has 2 aliphatic heterocycles. The lowest BCUT2D eigenvalue weighted by molar-refractivity contribution is -0.125. The molecule has 3 atom stereocenters. The summed E-state index contributed by atoms with van der Waals surface area (Å²) < 4.78 is 0. The molecule has 0 bridgehead atoms. The van der Waals surface area contributed by atoms with Crippen LogP contribution in [0.2, 0.25) is 0 Å². The lowest BCUT2D eigenvalue weighted by atomic mass is 9.93. The highest BCUT2D eigenvalue weighted by Crippen LogP contribution is 2.44. The Balaban J connectivity index is 1.37. The Morgan fingerprint density at radius 1 is 1.20 bits per heavy atom. The lowest BCUT2D eigenvalue weighted by Crippen LogP contribution is -2.39. The van der Waals surface area contributed by atoms with E-state index in [1.165, 1.54) is 12.0 Å². The van der Waals surface area contributed by atoms with Crippen LogP contribution in [0, 0.1) is 5.92 Å². The van der Waals surface area contributed by atoms with Gasteiger partial charge in [-0.1, -0.05) is 43.2 Å². The van der Waals surface area contributed by atoms with Crippen LogP contribution in [0.25, 0.3) is 0 Å². The fourth-order valence-corrected chi connectivity index (χ4v) is 5.28. The van der Waals surface area contributed by atoms with E-state index < -0.39 is 5.60 Å². The van der Waals surface area contributed by atoms with E-state index in [0.29, 0.717) is 25.0 Å².